The van der Waals surface area contributed by atoms with E-state index in [1.54, 1.807) is 6.07 Å². The van der Waals surface area contributed by atoms with Crippen LogP contribution in [0, 0.1) is 11.3 Å². The number of nitriles is 1. The second kappa shape index (κ2) is 11.9. The van der Waals surface area contributed by atoms with Crippen LogP contribution in [0.4, 0.5) is 0 Å². The topological polar surface area (TPSA) is 36.7 Å². The molecule has 0 unspecified atom stereocenters. The molecule has 0 bridgehead atoms. The average Bonchev–Trinajstić information content (AvgIpc) is 3.15. The predicted octanol–water partition coefficient (Wildman–Crippen LogP) is 7.19. The number of hydrogen-bond acceptors (Lipinski definition) is 2. The predicted molar refractivity (Wildman–Crippen MR) is 143 cm³/mol. The van der Waals surface area contributed by atoms with Crippen LogP contribution >= 0.6 is 34.8 Å². The number of benzene rings is 2. The van der Waals surface area contributed by atoms with Crippen LogP contribution in [0.25, 0.3) is 0 Å². The fraction of sp³-hybridized carbons (Fsp3) is 0.111. The fourth-order valence-electron chi connectivity index (χ4n) is 3.87. The van der Waals surface area contributed by atoms with Crippen molar-refractivity contribution in [2.75, 3.05) is 5.83 Å². The van der Waals surface area contributed by atoms with Gasteiger partial charge in [0, 0.05) is 6.42 Å². The summed E-state index contributed by atoms with van der Waals surface area (Å²) < 4.78 is 0. The van der Waals surface area contributed by atoms with E-state index in [9.17, 15) is 5.26 Å². The van der Waals surface area contributed by atoms with Gasteiger partial charge in [-0.15, -0.1) is 0 Å². The summed E-state index contributed by atoms with van der Waals surface area (Å²) in [5.74, 6) is 1.81. The Kier molecular flexibility index (Phi) is 9.00. The molecule has 0 spiro atoms. The molecule has 0 fully saturated rings. The molecule has 32 heavy (non-hydrogen) atoms. The Hall–Kier alpha value is -2.50. The first-order valence-electron chi connectivity index (χ1n) is 10.2. The van der Waals surface area contributed by atoms with Gasteiger partial charge in [-0.05, 0) is 48.3 Å². The lowest BCUT2D eigenvalue weighted by Crippen LogP contribution is -2.25. The van der Waals surface area contributed by atoms with Crippen molar-refractivity contribution in [2.24, 2.45) is 0 Å². The molecular weight excluding hydrogens is 499 g/mol. The maximum atomic E-state index is 9.24. The maximum absolute atomic E-state index is 9.24. The average molecular weight is 523 g/mol. The molecule has 0 saturated carbocycles. The minimum Gasteiger partial charge on any atom is -0.236 e. The summed E-state index contributed by atoms with van der Waals surface area (Å²) in [7, 11) is -2.01. The molecule has 1 aromatic heterocycles. The molecule has 4 rings (SSSR count). The van der Waals surface area contributed by atoms with Crippen molar-refractivity contribution in [3.05, 3.63) is 125 Å². The van der Waals surface area contributed by atoms with Crippen LogP contribution in [0.2, 0.25) is 5.15 Å². The molecule has 1 heterocycles. The lowest BCUT2D eigenvalue weighted by atomic mass is 10.3. The molecule has 1 aliphatic rings. The van der Waals surface area contributed by atoms with Crippen molar-refractivity contribution in [3.63, 3.8) is 0 Å². The Morgan fingerprint density at radius 1 is 0.906 bits per heavy atom. The van der Waals surface area contributed by atoms with Gasteiger partial charge < -0.3 is 0 Å². The molecule has 2 aromatic carbocycles. The number of allylic oxidation sites excluding steroid dienone is 6. The molecule has 2 nitrogen and oxygen atoms in total. The smallest absolute Gasteiger partial charge is 0.147 e. The molecule has 5 heteroatoms. The number of alkyl halides is 1. The van der Waals surface area contributed by atoms with Gasteiger partial charge in [0.05, 0.1) is 16.6 Å². The number of halogens is 2. The van der Waals surface area contributed by atoms with Gasteiger partial charge in [-0.2, -0.15) is 5.26 Å². The summed E-state index contributed by atoms with van der Waals surface area (Å²) in [4.78, 5) is 4.61. The molecule has 0 radical (unpaired) electrons. The Morgan fingerprint density at radius 2 is 1.53 bits per heavy atom. The highest BCUT2D eigenvalue weighted by atomic mass is 79.9. The number of pyridine rings is 1. The monoisotopic (exact) mass is 521 g/mol. The summed E-state index contributed by atoms with van der Waals surface area (Å²) in [6.07, 6.45) is 12.4. The van der Waals surface area contributed by atoms with Gasteiger partial charge in [-0.25, -0.2) is 4.98 Å². The fourth-order valence-corrected chi connectivity index (χ4v) is 8.39. The van der Waals surface area contributed by atoms with Crippen molar-refractivity contribution >= 4 is 45.4 Å². The molecule has 0 atom stereocenters. The standard InChI is InChI=1S/C26H21ClN2P.CH3Br/c27-26-21(19-28)17-18-22(29-26)20-30(24-13-7-3-8-14-24,25-15-9-4-10-16-25)23-11-5-1-2-6-12-23;1-2/h1-11,13-18H,12,20H2;1H3/q+1;. The van der Waals surface area contributed by atoms with Crippen molar-refractivity contribution in [1.82, 2.24) is 4.98 Å². The molecular formula is C27H24BrClN2P+. The van der Waals surface area contributed by atoms with Crippen molar-refractivity contribution in [3.8, 4) is 6.07 Å². The van der Waals surface area contributed by atoms with E-state index in [-0.39, 0.29) is 5.15 Å². The van der Waals surface area contributed by atoms with Gasteiger partial charge in [0.2, 0.25) is 0 Å². The van der Waals surface area contributed by atoms with Crippen molar-refractivity contribution in [1.29, 1.82) is 5.26 Å². The van der Waals surface area contributed by atoms with Crippen LogP contribution in [0.3, 0.4) is 0 Å². The quantitative estimate of drug-likeness (QED) is 0.202. The van der Waals surface area contributed by atoms with E-state index in [1.165, 1.54) is 15.9 Å². The highest BCUT2D eigenvalue weighted by molar-refractivity contribution is 9.08. The molecule has 0 amide bonds. The van der Waals surface area contributed by atoms with Crippen LogP contribution in [0.15, 0.2) is 108 Å². The third-order valence-electron chi connectivity index (χ3n) is 5.28. The van der Waals surface area contributed by atoms with Crippen molar-refractivity contribution in [2.45, 2.75) is 12.6 Å². The van der Waals surface area contributed by atoms with Gasteiger partial charge in [0.15, 0.2) is 0 Å². The molecule has 3 aromatic rings. The normalized spacial score (nSPS) is 12.8. The van der Waals surface area contributed by atoms with Gasteiger partial charge in [0.1, 0.15) is 35.3 Å². The number of aromatic nitrogens is 1. The van der Waals surface area contributed by atoms with Crippen LogP contribution in [0.1, 0.15) is 17.7 Å². The zero-order valence-electron chi connectivity index (χ0n) is 17.8. The zero-order valence-corrected chi connectivity index (χ0v) is 21.1. The van der Waals surface area contributed by atoms with E-state index in [0.717, 1.165) is 18.3 Å². The van der Waals surface area contributed by atoms with Crippen LogP contribution in [-0.2, 0) is 6.16 Å². The largest absolute Gasteiger partial charge is 0.236 e. The van der Waals surface area contributed by atoms with Crippen molar-refractivity contribution < 1.29 is 0 Å². The lowest BCUT2D eigenvalue weighted by Gasteiger charge is -2.29. The van der Waals surface area contributed by atoms with E-state index < -0.39 is 7.26 Å². The van der Waals surface area contributed by atoms with Gasteiger partial charge in [-0.3, -0.25) is 0 Å². The molecule has 160 valence electrons. The van der Waals surface area contributed by atoms with E-state index in [1.807, 2.05) is 11.9 Å². The highest BCUT2D eigenvalue weighted by Crippen LogP contribution is 2.67. The molecule has 0 aliphatic heterocycles. The lowest BCUT2D eigenvalue weighted by molar-refractivity contribution is 1.15. The molecule has 0 N–H and O–H groups in total. The maximum Gasteiger partial charge on any atom is 0.147 e. The number of nitrogens with zero attached hydrogens (tertiary/aromatic N) is 2. The first kappa shape index (κ1) is 24.1. The number of rotatable bonds is 5. The minimum atomic E-state index is -2.01. The Labute approximate surface area is 204 Å². The van der Waals surface area contributed by atoms with Gasteiger partial charge in [-0.1, -0.05) is 88.2 Å². The van der Waals surface area contributed by atoms with Crippen LogP contribution in [-0.4, -0.2) is 10.8 Å². The third kappa shape index (κ3) is 5.28. The second-order valence-corrected chi connectivity index (χ2v) is 11.0. The summed E-state index contributed by atoms with van der Waals surface area (Å²) in [5, 5.41) is 13.5. The number of hydrogen-bond donors (Lipinski definition) is 0. The van der Waals surface area contributed by atoms with E-state index >= 15 is 0 Å². The first-order chi connectivity index (χ1) is 15.7. The molecule has 0 saturated heterocycles. The van der Waals surface area contributed by atoms with Gasteiger partial charge >= 0.3 is 0 Å². The first-order valence-corrected chi connectivity index (χ1v) is 14.1. The van der Waals surface area contributed by atoms with E-state index in [4.69, 9.17) is 11.6 Å². The zero-order chi connectivity index (χ0) is 22.8. The van der Waals surface area contributed by atoms with Crippen LogP contribution in [0.5, 0.6) is 0 Å². The van der Waals surface area contributed by atoms with E-state index in [2.05, 4.69) is 118 Å². The SMILES string of the molecule is CBr.N#Cc1ccc(C[P+](C2=CC=CC=CC2)(c2ccccc2)c2ccccc2)nc1Cl. The second-order valence-electron chi connectivity index (χ2n) is 7.07. The Bertz CT molecular complexity index is 1130. The highest BCUT2D eigenvalue weighted by Gasteiger charge is 2.47. The Balaban J connectivity index is 0.00000141. The Morgan fingerprint density at radius 3 is 2.09 bits per heavy atom. The summed E-state index contributed by atoms with van der Waals surface area (Å²) in [6, 6.07) is 27.3. The van der Waals surface area contributed by atoms with E-state index in [0.29, 0.717) is 5.56 Å². The minimum absolute atomic E-state index is 0.267. The van der Waals surface area contributed by atoms with Crippen LogP contribution < -0.4 is 10.6 Å². The summed E-state index contributed by atoms with van der Waals surface area (Å²) >= 11 is 9.24. The summed E-state index contributed by atoms with van der Waals surface area (Å²) in [5.41, 5.74) is 1.31. The summed E-state index contributed by atoms with van der Waals surface area (Å²) in [6.45, 7) is 0. The van der Waals surface area contributed by atoms with Gasteiger partial charge in [0.25, 0.3) is 0 Å². The third-order valence-corrected chi connectivity index (χ3v) is 10.0. The molecule has 1 aliphatic carbocycles.